The molecular formula is C9H16N4O. The topological polar surface area (TPSA) is 61.0 Å². The van der Waals surface area contributed by atoms with E-state index in [-0.39, 0.29) is 11.9 Å². The Morgan fingerprint density at radius 1 is 1.71 bits per heavy atom. The lowest BCUT2D eigenvalue weighted by Crippen LogP contribution is -2.41. The molecule has 5 nitrogen and oxygen atoms in total. The van der Waals surface area contributed by atoms with E-state index in [1.54, 1.807) is 25.2 Å². The Labute approximate surface area is 83.5 Å². The minimum absolute atomic E-state index is 0.0736. The monoisotopic (exact) mass is 196 g/mol. The molecule has 0 aliphatic rings. The highest BCUT2D eigenvalue weighted by Crippen LogP contribution is 1.94. The van der Waals surface area contributed by atoms with Crippen LogP contribution in [0.1, 0.15) is 12.6 Å². The molecule has 0 saturated carbocycles. The molecule has 2 N–H and O–H groups in total. The summed E-state index contributed by atoms with van der Waals surface area (Å²) in [5.74, 6) is 0.0736. The van der Waals surface area contributed by atoms with Crippen LogP contribution < -0.4 is 5.32 Å². The number of hydrogen-bond acceptors (Lipinski definition) is 3. The minimum atomic E-state index is -0.173. The predicted molar refractivity (Wildman–Crippen MR) is 53.6 cm³/mol. The third kappa shape index (κ3) is 2.85. The van der Waals surface area contributed by atoms with Gasteiger partial charge in [0.1, 0.15) is 0 Å². The lowest BCUT2D eigenvalue weighted by Gasteiger charge is -2.17. The predicted octanol–water partition coefficient (Wildman–Crippen LogP) is -0.0240. The highest BCUT2D eigenvalue weighted by molar-refractivity contribution is 5.80. The van der Waals surface area contributed by atoms with Gasteiger partial charge in [-0.15, -0.1) is 0 Å². The molecule has 1 unspecified atom stereocenters. The number of aromatic amines is 1. The van der Waals surface area contributed by atoms with Crippen LogP contribution in [0.4, 0.5) is 0 Å². The van der Waals surface area contributed by atoms with Gasteiger partial charge in [-0.25, -0.2) is 0 Å². The minimum Gasteiger partial charge on any atom is -0.347 e. The van der Waals surface area contributed by atoms with E-state index in [4.69, 9.17) is 0 Å². The van der Waals surface area contributed by atoms with Crippen molar-refractivity contribution in [1.82, 2.24) is 20.4 Å². The van der Waals surface area contributed by atoms with Crippen molar-refractivity contribution in [1.29, 1.82) is 0 Å². The Morgan fingerprint density at radius 3 is 2.93 bits per heavy atom. The molecule has 0 aliphatic heterocycles. The summed E-state index contributed by atoms with van der Waals surface area (Å²) in [5.41, 5.74) is 0.975. The maximum absolute atomic E-state index is 11.4. The Morgan fingerprint density at radius 2 is 2.43 bits per heavy atom. The van der Waals surface area contributed by atoms with Crippen molar-refractivity contribution in [2.75, 3.05) is 14.1 Å². The maximum Gasteiger partial charge on any atom is 0.238 e. The van der Waals surface area contributed by atoms with Crippen molar-refractivity contribution in [3.63, 3.8) is 0 Å². The number of carbonyl (C=O) groups excluding carboxylic acids is 1. The number of aromatic nitrogens is 2. The molecule has 1 amide bonds. The lowest BCUT2D eigenvalue weighted by atomic mass is 10.3. The van der Waals surface area contributed by atoms with E-state index in [1.165, 1.54) is 0 Å². The second kappa shape index (κ2) is 4.76. The second-order valence-corrected chi connectivity index (χ2v) is 3.42. The van der Waals surface area contributed by atoms with Crippen LogP contribution in [0.2, 0.25) is 0 Å². The smallest absolute Gasteiger partial charge is 0.238 e. The van der Waals surface area contributed by atoms with Crippen molar-refractivity contribution < 1.29 is 4.79 Å². The zero-order chi connectivity index (χ0) is 10.6. The van der Waals surface area contributed by atoms with Gasteiger partial charge in [-0.3, -0.25) is 9.89 Å². The van der Waals surface area contributed by atoms with Crippen LogP contribution in [0.3, 0.4) is 0 Å². The fourth-order valence-electron chi connectivity index (χ4n) is 1.12. The molecule has 0 fully saturated rings. The zero-order valence-electron chi connectivity index (χ0n) is 8.74. The quantitative estimate of drug-likeness (QED) is 0.711. The number of H-pyrrole nitrogens is 1. The van der Waals surface area contributed by atoms with Gasteiger partial charge in [-0.2, -0.15) is 5.10 Å². The van der Waals surface area contributed by atoms with Crippen LogP contribution in [0.25, 0.3) is 0 Å². The summed E-state index contributed by atoms with van der Waals surface area (Å²) < 4.78 is 0. The molecule has 14 heavy (non-hydrogen) atoms. The fraction of sp³-hybridized carbons (Fsp3) is 0.556. The number of hydrogen-bond donors (Lipinski definition) is 2. The lowest BCUT2D eigenvalue weighted by molar-refractivity contribution is -0.130. The van der Waals surface area contributed by atoms with Gasteiger partial charge in [0.25, 0.3) is 0 Å². The van der Waals surface area contributed by atoms with E-state index >= 15 is 0 Å². The van der Waals surface area contributed by atoms with Crippen molar-refractivity contribution in [3.8, 4) is 0 Å². The maximum atomic E-state index is 11.4. The highest BCUT2D eigenvalue weighted by Gasteiger charge is 2.13. The Hall–Kier alpha value is -1.36. The Kier molecular flexibility index (Phi) is 3.64. The molecule has 5 heteroatoms. The van der Waals surface area contributed by atoms with Gasteiger partial charge < -0.3 is 10.2 Å². The first kappa shape index (κ1) is 10.7. The number of nitrogens with zero attached hydrogens (tertiary/aromatic N) is 2. The molecule has 78 valence electrons. The average molecular weight is 196 g/mol. The summed E-state index contributed by atoms with van der Waals surface area (Å²) >= 11 is 0. The van der Waals surface area contributed by atoms with Crippen molar-refractivity contribution in [3.05, 3.63) is 18.0 Å². The molecule has 1 rings (SSSR count). The largest absolute Gasteiger partial charge is 0.347 e. The van der Waals surface area contributed by atoms with E-state index in [9.17, 15) is 4.79 Å². The number of nitrogens with one attached hydrogen (secondary N) is 2. The van der Waals surface area contributed by atoms with Gasteiger partial charge in [0.2, 0.25) is 5.91 Å². The third-order valence-electron chi connectivity index (χ3n) is 1.97. The molecule has 0 radical (unpaired) electrons. The molecule has 0 aromatic carbocycles. The van der Waals surface area contributed by atoms with Crippen LogP contribution in [-0.2, 0) is 11.3 Å². The number of likely N-dealkylation sites (N-methyl/N-ethyl adjacent to an activating group) is 1. The second-order valence-electron chi connectivity index (χ2n) is 3.42. The number of amides is 1. The first-order valence-electron chi connectivity index (χ1n) is 4.54. The van der Waals surface area contributed by atoms with E-state index in [0.717, 1.165) is 5.69 Å². The van der Waals surface area contributed by atoms with Crippen molar-refractivity contribution in [2.24, 2.45) is 0 Å². The standard InChI is InChI=1S/C9H16N4O/c1-7(9(14)13(2)3)10-6-8-4-5-11-12-8/h4-5,7,10H,6H2,1-3H3,(H,11,12). The highest BCUT2D eigenvalue weighted by atomic mass is 16.2. The third-order valence-corrected chi connectivity index (χ3v) is 1.97. The summed E-state index contributed by atoms with van der Waals surface area (Å²) in [4.78, 5) is 13.0. The molecule has 0 spiro atoms. The summed E-state index contributed by atoms with van der Waals surface area (Å²) in [6, 6.07) is 1.70. The van der Waals surface area contributed by atoms with Crippen LogP contribution in [0.15, 0.2) is 12.3 Å². The molecule has 1 heterocycles. The molecule has 0 aliphatic carbocycles. The molecule has 0 bridgehead atoms. The summed E-state index contributed by atoms with van der Waals surface area (Å²) in [6.45, 7) is 2.47. The summed E-state index contributed by atoms with van der Waals surface area (Å²) in [6.07, 6.45) is 1.69. The van der Waals surface area contributed by atoms with Gasteiger partial charge in [-0.1, -0.05) is 0 Å². The van der Waals surface area contributed by atoms with Crippen molar-refractivity contribution in [2.45, 2.75) is 19.5 Å². The van der Waals surface area contributed by atoms with Gasteiger partial charge >= 0.3 is 0 Å². The molecular weight excluding hydrogens is 180 g/mol. The van der Waals surface area contributed by atoms with Crippen molar-refractivity contribution >= 4 is 5.91 Å². The van der Waals surface area contributed by atoms with Gasteiger partial charge in [0.05, 0.1) is 6.04 Å². The Bertz CT molecular complexity index is 281. The normalized spacial score (nSPS) is 12.5. The first-order chi connectivity index (χ1) is 6.61. The zero-order valence-corrected chi connectivity index (χ0v) is 8.74. The van der Waals surface area contributed by atoms with Gasteiger partial charge in [0.15, 0.2) is 0 Å². The number of rotatable bonds is 4. The number of carbonyl (C=O) groups is 1. The molecule has 1 aromatic heterocycles. The van der Waals surface area contributed by atoms with Crippen LogP contribution in [0.5, 0.6) is 0 Å². The van der Waals surface area contributed by atoms with Crippen LogP contribution in [-0.4, -0.2) is 41.1 Å². The fourth-order valence-corrected chi connectivity index (χ4v) is 1.12. The van der Waals surface area contributed by atoms with E-state index in [2.05, 4.69) is 15.5 Å². The summed E-state index contributed by atoms with van der Waals surface area (Å²) in [7, 11) is 3.49. The Balaban J connectivity index is 2.35. The van der Waals surface area contributed by atoms with Crippen LogP contribution >= 0.6 is 0 Å². The molecule has 1 atom stereocenters. The van der Waals surface area contributed by atoms with E-state index in [0.29, 0.717) is 6.54 Å². The first-order valence-corrected chi connectivity index (χ1v) is 4.54. The van der Waals surface area contributed by atoms with E-state index < -0.39 is 0 Å². The average Bonchev–Trinajstić information content (AvgIpc) is 2.65. The molecule has 1 aromatic rings. The van der Waals surface area contributed by atoms with Gasteiger partial charge in [-0.05, 0) is 13.0 Å². The van der Waals surface area contributed by atoms with E-state index in [1.807, 2.05) is 13.0 Å². The SMILES string of the molecule is CC(NCc1ccn[nH]1)C(=O)N(C)C. The summed E-state index contributed by atoms with van der Waals surface area (Å²) in [5, 5.41) is 9.75. The van der Waals surface area contributed by atoms with Crippen LogP contribution in [0, 0.1) is 0 Å². The van der Waals surface area contributed by atoms with Gasteiger partial charge in [0, 0.05) is 32.5 Å². The molecule has 0 saturated heterocycles.